The highest BCUT2D eigenvalue weighted by Crippen LogP contribution is 2.29. The average Bonchev–Trinajstić information content (AvgIpc) is 2.33. The lowest BCUT2D eigenvalue weighted by atomic mass is 9.79. The molecular weight excluding hydrogens is 267 g/mol. The SMILES string of the molecule is O=C(NCC1CCCCC1C(=O)O)OCC(F)(F)F. The first-order chi connectivity index (χ1) is 8.79. The standard InChI is InChI=1S/C11H16F3NO4/c12-11(13,14)6-19-10(18)15-5-7-3-1-2-4-8(7)9(16)17/h7-8H,1-6H2,(H,15,18)(H,16,17). The van der Waals surface area contributed by atoms with E-state index in [4.69, 9.17) is 5.11 Å². The molecule has 1 amide bonds. The molecule has 8 heteroatoms. The number of amides is 1. The molecule has 0 saturated heterocycles. The van der Waals surface area contributed by atoms with Gasteiger partial charge in [-0.25, -0.2) is 4.79 Å². The third-order valence-electron chi connectivity index (χ3n) is 3.10. The van der Waals surface area contributed by atoms with Crippen LogP contribution >= 0.6 is 0 Å². The Bertz CT molecular complexity index is 332. The van der Waals surface area contributed by atoms with Crippen LogP contribution in [0.25, 0.3) is 0 Å². The molecule has 0 aliphatic heterocycles. The van der Waals surface area contributed by atoms with E-state index in [1.165, 1.54) is 0 Å². The summed E-state index contributed by atoms with van der Waals surface area (Å²) in [4.78, 5) is 22.0. The molecule has 1 saturated carbocycles. The Morgan fingerprint density at radius 2 is 1.89 bits per heavy atom. The van der Waals surface area contributed by atoms with Crippen LogP contribution in [0.1, 0.15) is 25.7 Å². The largest absolute Gasteiger partial charge is 0.481 e. The van der Waals surface area contributed by atoms with Crippen molar-refractivity contribution in [1.29, 1.82) is 0 Å². The van der Waals surface area contributed by atoms with Crippen LogP contribution in [-0.4, -0.2) is 36.5 Å². The van der Waals surface area contributed by atoms with Crippen molar-refractivity contribution < 1.29 is 32.6 Å². The number of carbonyl (C=O) groups is 2. The second-order valence-electron chi connectivity index (χ2n) is 4.56. The van der Waals surface area contributed by atoms with Gasteiger partial charge in [-0.1, -0.05) is 12.8 Å². The zero-order valence-electron chi connectivity index (χ0n) is 10.2. The van der Waals surface area contributed by atoms with E-state index in [-0.39, 0.29) is 12.5 Å². The van der Waals surface area contributed by atoms with Crippen molar-refractivity contribution >= 4 is 12.1 Å². The lowest BCUT2D eigenvalue weighted by Crippen LogP contribution is -2.38. The Morgan fingerprint density at radius 3 is 2.47 bits per heavy atom. The number of halogens is 3. The summed E-state index contributed by atoms with van der Waals surface area (Å²) in [6.45, 7) is -1.63. The van der Waals surface area contributed by atoms with Gasteiger partial charge in [0.25, 0.3) is 0 Å². The molecular formula is C11H16F3NO4. The van der Waals surface area contributed by atoms with Crippen LogP contribution in [-0.2, 0) is 9.53 Å². The number of hydrogen-bond acceptors (Lipinski definition) is 3. The molecule has 0 bridgehead atoms. The van der Waals surface area contributed by atoms with E-state index in [1.807, 2.05) is 0 Å². The minimum absolute atomic E-state index is 0.0215. The van der Waals surface area contributed by atoms with Gasteiger partial charge in [0.2, 0.25) is 0 Å². The average molecular weight is 283 g/mol. The van der Waals surface area contributed by atoms with Crippen LogP contribution in [0, 0.1) is 11.8 Å². The molecule has 0 radical (unpaired) electrons. The van der Waals surface area contributed by atoms with Crippen LogP contribution in [0.2, 0.25) is 0 Å². The van der Waals surface area contributed by atoms with Gasteiger partial charge in [-0.15, -0.1) is 0 Å². The maximum atomic E-state index is 11.8. The van der Waals surface area contributed by atoms with Crippen molar-refractivity contribution in [2.45, 2.75) is 31.9 Å². The summed E-state index contributed by atoms with van der Waals surface area (Å²) in [5.74, 6) is -1.75. The highest BCUT2D eigenvalue weighted by Gasteiger charge is 2.32. The molecule has 19 heavy (non-hydrogen) atoms. The van der Waals surface area contributed by atoms with Crippen LogP contribution in [0.15, 0.2) is 0 Å². The van der Waals surface area contributed by atoms with E-state index < -0.39 is 30.8 Å². The van der Waals surface area contributed by atoms with E-state index in [0.717, 1.165) is 12.8 Å². The summed E-state index contributed by atoms with van der Waals surface area (Å²) in [5.41, 5.74) is 0. The van der Waals surface area contributed by atoms with Gasteiger partial charge in [-0.05, 0) is 18.8 Å². The van der Waals surface area contributed by atoms with Gasteiger partial charge < -0.3 is 15.2 Å². The summed E-state index contributed by atoms with van der Waals surface area (Å²) in [6, 6.07) is 0. The maximum absolute atomic E-state index is 11.8. The number of carboxylic acid groups (broad SMARTS) is 1. The molecule has 2 unspecified atom stereocenters. The molecule has 0 aromatic carbocycles. The number of alkyl halides is 3. The second-order valence-corrected chi connectivity index (χ2v) is 4.56. The van der Waals surface area contributed by atoms with Gasteiger partial charge in [0.15, 0.2) is 6.61 Å². The predicted molar refractivity (Wildman–Crippen MR) is 58.5 cm³/mol. The van der Waals surface area contributed by atoms with Crippen molar-refractivity contribution in [3.63, 3.8) is 0 Å². The van der Waals surface area contributed by atoms with E-state index in [1.54, 1.807) is 0 Å². The molecule has 1 fully saturated rings. The Hall–Kier alpha value is -1.47. The van der Waals surface area contributed by atoms with Gasteiger partial charge >= 0.3 is 18.2 Å². The first kappa shape index (κ1) is 15.6. The quantitative estimate of drug-likeness (QED) is 0.829. The Morgan fingerprint density at radius 1 is 1.26 bits per heavy atom. The Balaban J connectivity index is 2.34. The molecule has 2 N–H and O–H groups in total. The lowest BCUT2D eigenvalue weighted by molar-refractivity contribution is -0.160. The van der Waals surface area contributed by atoms with Crippen LogP contribution in [0.3, 0.4) is 0 Å². The number of rotatable bonds is 4. The van der Waals surface area contributed by atoms with Crippen LogP contribution < -0.4 is 5.32 Å². The number of carboxylic acids is 1. The molecule has 110 valence electrons. The first-order valence-corrected chi connectivity index (χ1v) is 6.00. The van der Waals surface area contributed by atoms with Gasteiger partial charge in [-0.2, -0.15) is 13.2 Å². The smallest absolute Gasteiger partial charge is 0.422 e. The van der Waals surface area contributed by atoms with Gasteiger partial charge in [0.1, 0.15) is 0 Å². The molecule has 1 aliphatic carbocycles. The van der Waals surface area contributed by atoms with Gasteiger partial charge in [0, 0.05) is 6.54 Å². The number of nitrogens with one attached hydrogen (secondary N) is 1. The van der Waals surface area contributed by atoms with E-state index in [9.17, 15) is 22.8 Å². The third-order valence-corrected chi connectivity index (χ3v) is 3.10. The van der Waals surface area contributed by atoms with E-state index in [2.05, 4.69) is 10.1 Å². The summed E-state index contributed by atoms with van der Waals surface area (Å²) in [6.07, 6.45) is -2.91. The second kappa shape index (κ2) is 6.63. The summed E-state index contributed by atoms with van der Waals surface area (Å²) in [5, 5.41) is 11.2. The van der Waals surface area contributed by atoms with E-state index >= 15 is 0 Å². The van der Waals surface area contributed by atoms with Gasteiger partial charge in [-0.3, -0.25) is 4.79 Å². The minimum atomic E-state index is -4.56. The van der Waals surface area contributed by atoms with Crippen molar-refractivity contribution in [3.05, 3.63) is 0 Å². The highest BCUT2D eigenvalue weighted by molar-refractivity contribution is 5.71. The van der Waals surface area contributed by atoms with Crippen molar-refractivity contribution in [2.75, 3.05) is 13.2 Å². The molecule has 0 aromatic rings. The predicted octanol–water partition coefficient (Wildman–Crippen LogP) is 2.17. The third kappa shape index (κ3) is 5.80. The number of ether oxygens (including phenoxy) is 1. The topological polar surface area (TPSA) is 75.6 Å². The number of carbonyl (C=O) groups excluding carboxylic acids is 1. The highest BCUT2D eigenvalue weighted by atomic mass is 19.4. The monoisotopic (exact) mass is 283 g/mol. The van der Waals surface area contributed by atoms with Gasteiger partial charge in [0.05, 0.1) is 5.92 Å². The number of hydrogen-bond donors (Lipinski definition) is 2. The maximum Gasteiger partial charge on any atom is 0.422 e. The zero-order chi connectivity index (χ0) is 14.5. The van der Waals surface area contributed by atoms with E-state index in [0.29, 0.717) is 12.8 Å². The van der Waals surface area contributed by atoms with Crippen LogP contribution in [0.5, 0.6) is 0 Å². The number of alkyl carbamates (subject to hydrolysis) is 1. The summed E-state index contributed by atoms with van der Waals surface area (Å²) < 4.78 is 39.4. The summed E-state index contributed by atoms with van der Waals surface area (Å²) >= 11 is 0. The molecule has 5 nitrogen and oxygen atoms in total. The first-order valence-electron chi connectivity index (χ1n) is 6.00. The normalized spacial score (nSPS) is 23.7. The number of aliphatic carboxylic acids is 1. The Labute approximate surface area is 108 Å². The van der Waals surface area contributed by atoms with Crippen molar-refractivity contribution in [1.82, 2.24) is 5.32 Å². The molecule has 2 atom stereocenters. The van der Waals surface area contributed by atoms with Crippen molar-refractivity contribution in [3.8, 4) is 0 Å². The molecule has 0 heterocycles. The Kier molecular flexibility index (Phi) is 5.44. The fourth-order valence-electron chi connectivity index (χ4n) is 2.19. The summed E-state index contributed by atoms with van der Waals surface area (Å²) in [7, 11) is 0. The molecule has 0 spiro atoms. The fraction of sp³-hybridized carbons (Fsp3) is 0.818. The lowest BCUT2D eigenvalue weighted by Gasteiger charge is -2.28. The minimum Gasteiger partial charge on any atom is -0.481 e. The molecule has 1 rings (SSSR count). The molecule has 0 aromatic heterocycles. The van der Waals surface area contributed by atoms with Crippen molar-refractivity contribution in [2.24, 2.45) is 11.8 Å². The molecule has 1 aliphatic rings. The fourth-order valence-corrected chi connectivity index (χ4v) is 2.19. The van der Waals surface area contributed by atoms with Crippen LogP contribution in [0.4, 0.5) is 18.0 Å². The zero-order valence-corrected chi connectivity index (χ0v) is 10.2.